The quantitative estimate of drug-likeness (QED) is 0.405. The fraction of sp³-hybridized carbons (Fsp3) is 0.375. The monoisotopic (exact) mass is 475 g/mol. The van der Waals surface area contributed by atoms with E-state index in [-0.39, 0.29) is 18.3 Å². The molecule has 0 aliphatic rings. The van der Waals surface area contributed by atoms with Crippen LogP contribution in [-0.2, 0) is 11.2 Å². The van der Waals surface area contributed by atoms with Crippen molar-refractivity contribution in [3.8, 4) is 0 Å². The maximum atomic E-state index is 13.4. The number of esters is 1. The number of fused-ring (bicyclic) bond motifs is 1. The van der Waals surface area contributed by atoms with Gasteiger partial charge in [0.25, 0.3) is 5.91 Å². The summed E-state index contributed by atoms with van der Waals surface area (Å²) in [6, 6.07) is 12.8. The predicted molar refractivity (Wildman–Crippen MR) is 133 cm³/mol. The lowest BCUT2D eigenvalue weighted by Crippen LogP contribution is -2.38. The zero-order valence-electron chi connectivity index (χ0n) is 19.0. The number of ether oxygens (including phenoxy) is 1. The smallest absolute Gasteiger partial charge is 0.337 e. The first kappa shape index (κ1) is 25.8. The Balaban J connectivity index is 0.00000363. The number of carbonyl (C=O) groups excluding carboxylic acids is 2. The van der Waals surface area contributed by atoms with E-state index in [9.17, 15) is 9.59 Å². The molecule has 0 N–H and O–H groups in total. The van der Waals surface area contributed by atoms with Crippen molar-refractivity contribution in [3.05, 3.63) is 59.2 Å². The van der Waals surface area contributed by atoms with E-state index in [0.717, 1.165) is 36.3 Å². The Bertz CT molecular complexity index is 1050. The van der Waals surface area contributed by atoms with Crippen molar-refractivity contribution in [2.24, 2.45) is 0 Å². The number of thiazole rings is 1. The molecule has 0 spiro atoms. The molecule has 2 aromatic carbocycles. The Hall–Kier alpha value is -2.48. The molecular formula is C24H30ClN3O3S. The van der Waals surface area contributed by atoms with Crippen molar-refractivity contribution >= 4 is 51.0 Å². The summed E-state index contributed by atoms with van der Waals surface area (Å²) in [6.07, 6.45) is 0.959. The highest BCUT2D eigenvalue weighted by atomic mass is 35.5. The third kappa shape index (κ3) is 5.85. The van der Waals surface area contributed by atoms with Crippen molar-refractivity contribution in [1.29, 1.82) is 0 Å². The van der Waals surface area contributed by atoms with E-state index in [2.05, 4.69) is 37.8 Å². The van der Waals surface area contributed by atoms with Crippen molar-refractivity contribution < 1.29 is 14.3 Å². The minimum absolute atomic E-state index is 0. The van der Waals surface area contributed by atoms with Crippen LogP contribution in [-0.4, -0.2) is 55.0 Å². The number of aryl methyl sites for hydroxylation is 1. The molecule has 172 valence electrons. The number of nitrogens with zero attached hydrogens (tertiary/aromatic N) is 3. The molecule has 0 unspecified atom stereocenters. The van der Waals surface area contributed by atoms with Gasteiger partial charge in [-0.05, 0) is 61.5 Å². The van der Waals surface area contributed by atoms with Crippen LogP contribution >= 0.6 is 23.7 Å². The van der Waals surface area contributed by atoms with Crippen LogP contribution in [0.25, 0.3) is 10.2 Å². The van der Waals surface area contributed by atoms with Gasteiger partial charge in [0.1, 0.15) is 0 Å². The first-order valence-corrected chi connectivity index (χ1v) is 11.4. The second kappa shape index (κ2) is 11.9. The van der Waals surface area contributed by atoms with Gasteiger partial charge < -0.3 is 9.64 Å². The lowest BCUT2D eigenvalue weighted by atomic mass is 10.1. The number of methoxy groups -OCH3 is 1. The fourth-order valence-electron chi connectivity index (χ4n) is 3.38. The Morgan fingerprint density at radius 1 is 0.969 bits per heavy atom. The second-order valence-corrected chi connectivity index (χ2v) is 8.21. The Labute approximate surface area is 199 Å². The molecule has 0 aliphatic carbocycles. The summed E-state index contributed by atoms with van der Waals surface area (Å²) in [6.45, 7) is 9.50. The molecule has 1 aromatic heterocycles. The first-order valence-electron chi connectivity index (χ1n) is 10.6. The van der Waals surface area contributed by atoms with Gasteiger partial charge in [-0.25, -0.2) is 9.78 Å². The van der Waals surface area contributed by atoms with E-state index in [4.69, 9.17) is 9.72 Å². The molecule has 0 aliphatic heterocycles. The van der Waals surface area contributed by atoms with Crippen molar-refractivity contribution in [2.75, 3.05) is 38.2 Å². The molecule has 0 fully saturated rings. The van der Waals surface area contributed by atoms with Crippen LogP contribution in [0.4, 0.5) is 5.13 Å². The molecule has 3 aromatic rings. The zero-order valence-corrected chi connectivity index (χ0v) is 20.6. The summed E-state index contributed by atoms with van der Waals surface area (Å²) in [5.74, 6) is -0.548. The van der Waals surface area contributed by atoms with Gasteiger partial charge in [-0.15, -0.1) is 12.4 Å². The molecule has 0 radical (unpaired) electrons. The van der Waals surface area contributed by atoms with E-state index in [1.54, 1.807) is 29.2 Å². The van der Waals surface area contributed by atoms with Gasteiger partial charge in [-0.3, -0.25) is 9.69 Å². The third-order valence-corrected chi connectivity index (χ3v) is 6.45. The standard InChI is InChI=1S/C24H29N3O3S.ClH/c1-5-17-8-13-20-21(16-17)31-24(25-20)27(15-14-26(6-2)7-3)22(28)18-9-11-19(12-10-18)23(29)30-4;/h8-13,16H,5-7,14-15H2,1-4H3;1H. The molecule has 8 heteroatoms. The summed E-state index contributed by atoms with van der Waals surface area (Å²) in [5.41, 5.74) is 3.09. The molecular weight excluding hydrogens is 446 g/mol. The highest BCUT2D eigenvalue weighted by Gasteiger charge is 2.22. The number of amides is 1. The van der Waals surface area contributed by atoms with Crippen LogP contribution in [0.1, 0.15) is 47.1 Å². The average molecular weight is 476 g/mol. The lowest BCUT2D eigenvalue weighted by molar-refractivity contribution is 0.0600. The van der Waals surface area contributed by atoms with E-state index in [0.29, 0.717) is 22.8 Å². The van der Waals surface area contributed by atoms with Crippen LogP contribution in [0.5, 0.6) is 0 Å². The highest BCUT2D eigenvalue weighted by Crippen LogP contribution is 2.30. The number of hydrogen-bond acceptors (Lipinski definition) is 6. The fourth-order valence-corrected chi connectivity index (χ4v) is 4.43. The number of likely N-dealkylation sites (N-methyl/N-ethyl adjacent to an activating group) is 1. The Morgan fingerprint density at radius 2 is 1.62 bits per heavy atom. The first-order chi connectivity index (χ1) is 15.0. The number of aromatic nitrogens is 1. The van der Waals surface area contributed by atoms with Gasteiger partial charge in [0.05, 0.1) is 22.9 Å². The Kier molecular flexibility index (Phi) is 9.62. The maximum absolute atomic E-state index is 13.4. The number of carbonyl (C=O) groups is 2. The molecule has 0 atom stereocenters. The number of benzene rings is 2. The number of halogens is 1. The highest BCUT2D eigenvalue weighted by molar-refractivity contribution is 7.22. The van der Waals surface area contributed by atoms with Gasteiger partial charge in [0, 0.05) is 18.7 Å². The van der Waals surface area contributed by atoms with E-state index in [1.807, 2.05) is 6.07 Å². The van der Waals surface area contributed by atoms with Crippen LogP contribution in [0, 0.1) is 0 Å². The van der Waals surface area contributed by atoms with Crippen molar-refractivity contribution in [3.63, 3.8) is 0 Å². The molecule has 3 rings (SSSR count). The summed E-state index contributed by atoms with van der Waals surface area (Å²) in [4.78, 5) is 33.9. The summed E-state index contributed by atoms with van der Waals surface area (Å²) in [7, 11) is 1.34. The minimum Gasteiger partial charge on any atom is -0.465 e. The number of rotatable bonds is 9. The predicted octanol–water partition coefficient (Wildman–Crippen LogP) is 5.06. The van der Waals surface area contributed by atoms with Gasteiger partial charge in [0.15, 0.2) is 5.13 Å². The zero-order chi connectivity index (χ0) is 22.4. The maximum Gasteiger partial charge on any atom is 0.337 e. The van der Waals surface area contributed by atoms with Gasteiger partial charge in [-0.2, -0.15) is 0 Å². The number of anilines is 1. The molecule has 0 saturated heterocycles. The second-order valence-electron chi connectivity index (χ2n) is 7.20. The summed E-state index contributed by atoms with van der Waals surface area (Å²) in [5, 5.41) is 0.692. The van der Waals surface area contributed by atoms with Gasteiger partial charge in [-0.1, -0.05) is 38.2 Å². The van der Waals surface area contributed by atoms with E-state index >= 15 is 0 Å². The van der Waals surface area contributed by atoms with E-state index in [1.165, 1.54) is 24.0 Å². The molecule has 32 heavy (non-hydrogen) atoms. The van der Waals surface area contributed by atoms with Crippen LogP contribution in [0.15, 0.2) is 42.5 Å². The largest absolute Gasteiger partial charge is 0.465 e. The number of hydrogen-bond donors (Lipinski definition) is 0. The van der Waals surface area contributed by atoms with E-state index < -0.39 is 5.97 Å². The third-order valence-electron chi connectivity index (χ3n) is 5.41. The molecule has 1 amide bonds. The Morgan fingerprint density at radius 3 is 2.22 bits per heavy atom. The molecule has 6 nitrogen and oxygen atoms in total. The van der Waals surface area contributed by atoms with Crippen molar-refractivity contribution in [2.45, 2.75) is 27.2 Å². The molecule has 0 saturated carbocycles. The molecule has 1 heterocycles. The summed E-state index contributed by atoms with van der Waals surface area (Å²) >= 11 is 1.54. The van der Waals surface area contributed by atoms with Crippen molar-refractivity contribution in [1.82, 2.24) is 9.88 Å². The van der Waals surface area contributed by atoms with Crippen LogP contribution in [0.3, 0.4) is 0 Å². The molecule has 0 bridgehead atoms. The topological polar surface area (TPSA) is 62.7 Å². The lowest BCUT2D eigenvalue weighted by Gasteiger charge is -2.24. The van der Waals surface area contributed by atoms with Gasteiger partial charge >= 0.3 is 5.97 Å². The average Bonchev–Trinajstić information content (AvgIpc) is 3.24. The van der Waals surface area contributed by atoms with Crippen LogP contribution < -0.4 is 4.90 Å². The van der Waals surface area contributed by atoms with Gasteiger partial charge in [0.2, 0.25) is 0 Å². The SMILES string of the molecule is CCc1ccc2nc(N(CCN(CC)CC)C(=O)c3ccc(C(=O)OC)cc3)sc2c1.Cl. The van der Waals surface area contributed by atoms with Crippen LogP contribution in [0.2, 0.25) is 0 Å². The minimum atomic E-state index is -0.421. The normalized spacial score (nSPS) is 10.8. The summed E-state index contributed by atoms with van der Waals surface area (Å²) < 4.78 is 5.83.